The van der Waals surface area contributed by atoms with Gasteiger partial charge in [-0.2, -0.15) is 17.6 Å². The molecule has 3 rings (SSSR count). The average molecular weight is 498 g/mol. The fourth-order valence-electron chi connectivity index (χ4n) is 2.48. The molecule has 0 unspecified atom stereocenters. The average Bonchev–Trinajstić information content (AvgIpc) is 2.84. The molecule has 0 amide bonds. The van der Waals surface area contributed by atoms with Gasteiger partial charge in [0.2, 0.25) is 69.7 Å². The summed E-state index contributed by atoms with van der Waals surface area (Å²) in [5.41, 5.74) is -2.00. The van der Waals surface area contributed by atoms with E-state index in [1.54, 1.807) is 0 Å². The molecule has 0 fully saturated rings. The molecule has 0 aliphatic rings. The van der Waals surface area contributed by atoms with Crippen molar-refractivity contribution < 1.29 is 63.0 Å². The molecule has 0 atom stereocenters. The van der Waals surface area contributed by atoms with Crippen molar-refractivity contribution >= 4 is 11.9 Å². The van der Waals surface area contributed by atoms with Gasteiger partial charge in [0.25, 0.3) is 0 Å². The highest BCUT2D eigenvalue weighted by molar-refractivity contribution is 6.04. The lowest BCUT2D eigenvalue weighted by Crippen LogP contribution is -2.20. The van der Waals surface area contributed by atoms with Crippen molar-refractivity contribution in [3.63, 3.8) is 0 Å². The summed E-state index contributed by atoms with van der Waals surface area (Å²) < 4.78 is 143. The Labute approximate surface area is 180 Å². The molecule has 0 N–H and O–H groups in total. The van der Waals surface area contributed by atoms with Crippen LogP contribution >= 0.6 is 0 Å². The summed E-state index contributed by atoms with van der Waals surface area (Å²) in [6, 6.07) is 3.40. The van der Waals surface area contributed by atoms with E-state index < -0.39 is 92.7 Å². The van der Waals surface area contributed by atoms with Gasteiger partial charge in [0.05, 0.1) is 11.1 Å². The second-order valence-electron chi connectivity index (χ2n) is 6.12. The Bertz CT molecular complexity index is 1200. The van der Waals surface area contributed by atoms with Crippen molar-refractivity contribution in [2.75, 3.05) is 0 Å². The molecule has 4 nitrogen and oxygen atoms in total. The van der Waals surface area contributed by atoms with Gasteiger partial charge in [-0.25, -0.2) is 35.9 Å². The second-order valence-corrected chi connectivity index (χ2v) is 6.12. The molecule has 0 spiro atoms. The molecule has 3 aromatic carbocycles. The van der Waals surface area contributed by atoms with Gasteiger partial charge in [-0.05, 0) is 12.1 Å². The van der Waals surface area contributed by atoms with Gasteiger partial charge in [-0.1, -0.05) is 12.1 Å². The maximum atomic E-state index is 13.7. The maximum absolute atomic E-state index is 13.7. The van der Waals surface area contributed by atoms with Crippen molar-refractivity contribution in [3.05, 3.63) is 93.6 Å². The summed E-state index contributed by atoms with van der Waals surface area (Å²) in [7, 11) is 0. The van der Waals surface area contributed by atoms with E-state index in [0.29, 0.717) is 12.1 Å². The molecule has 178 valence electrons. The Morgan fingerprint density at radius 3 is 0.941 bits per heavy atom. The zero-order valence-electron chi connectivity index (χ0n) is 15.7. The van der Waals surface area contributed by atoms with Crippen LogP contribution in [0.25, 0.3) is 0 Å². The lowest BCUT2D eigenvalue weighted by Gasteiger charge is -2.12. The van der Waals surface area contributed by atoms with Crippen LogP contribution in [0, 0.1) is 58.2 Å². The summed E-state index contributed by atoms with van der Waals surface area (Å²) in [5.74, 6) is -33.0. The Balaban J connectivity index is 2.00. The van der Waals surface area contributed by atoms with E-state index in [9.17, 15) is 53.5 Å². The van der Waals surface area contributed by atoms with Crippen LogP contribution in [0.4, 0.5) is 43.9 Å². The van der Waals surface area contributed by atoms with Crippen molar-refractivity contribution in [2.24, 2.45) is 0 Å². The minimum atomic E-state index is -2.55. The molecule has 34 heavy (non-hydrogen) atoms. The third-order valence-corrected chi connectivity index (χ3v) is 4.10. The van der Waals surface area contributed by atoms with Crippen molar-refractivity contribution in [2.45, 2.75) is 0 Å². The highest BCUT2D eigenvalue weighted by Gasteiger charge is 2.32. The monoisotopic (exact) mass is 498 g/mol. The van der Waals surface area contributed by atoms with E-state index in [1.807, 2.05) is 0 Å². The maximum Gasteiger partial charge on any atom is 0.344 e. The minimum absolute atomic E-state index is 0.698. The topological polar surface area (TPSA) is 52.6 Å². The predicted molar refractivity (Wildman–Crippen MR) is 88.8 cm³/mol. The number of carbonyl (C=O) groups is 2. The lowest BCUT2D eigenvalue weighted by molar-refractivity contribution is 0.0673. The number of rotatable bonds is 4. The predicted octanol–water partition coefficient (Wildman–Crippen LogP) is 5.52. The molecular formula is C20H4F10O4. The molecule has 3 aromatic rings. The van der Waals surface area contributed by atoms with Crippen LogP contribution < -0.4 is 9.47 Å². The van der Waals surface area contributed by atoms with Gasteiger partial charge in [0.15, 0.2) is 0 Å². The van der Waals surface area contributed by atoms with Gasteiger partial charge >= 0.3 is 11.9 Å². The van der Waals surface area contributed by atoms with E-state index in [4.69, 9.17) is 0 Å². The van der Waals surface area contributed by atoms with Crippen LogP contribution in [0.5, 0.6) is 11.5 Å². The first kappa shape index (κ1) is 24.5. The highest BCUT2D eigenvalue weighted by Crippen LogP contribution is 2.32. The largest absolute Gasteiger partial charge is 0.416 e. The van der Waals surface area contributed by atoms with E-state index in [0.717, 1.165) is 12.1 Å². The first-order valence-corrected chi connectivity index (χ1v) is 8.44. The molecule has 0 aliphatic heterocycles. The van der Waals surface area contributed by atoms with E-state index in [2.05, 4.69) is 9.47 Å². The smallest absolute Gasteiger partial charge is 0.344 e. The van der Waals surface area contributed by atoms with E-state index in [1.165, 1.54) is 0 Å². The lowest BCUT2D eigenvalue weighted by atomic mass is 10.1. The van der Waals surface area contributed by atoms with Gasteiger partial charge in [0.1, 0.15) is 0 Å². The van der Waals surface area contributed by atoms with Crippen molar-refractivity contribution in [1.29, 1.82) is 0 Å². The Morgan fingerprint density at radius 1 is 0.441 bits per heavy atom. The molecule has 14 heteroatoms. The molecule has 0 saturated carbocycles. The molecule has 0 saturated heterocycles. The quantitative estimate of drug-likeness (QED) is 0.157. The van der Waals surface area contributed by atoms with Crippen molar-refractivity contribution in [3.8, 4) is 11.5 Å². The number of halogens is 10. The van der Waals surface area contributed by atoms with E-state index >= 15 is 0 Å². The van der Waals surface area contributed by atoms with Crippen molar-refractivity contribution in [1.82, 2.24) is 0 Å². The van der Waals surface area contributed by atoms with Crippen LogP contribution in [-0.2, 0) is 0 Å². The Hall–Kier alpha value is -4.10. The van der Waals surface area contributed by atoms with Crippen LogP contribution in [0.15, 0.2) is 24.3 Å². The summed E-state index contributed by atoms with van der Waals surface area (Å²) in [6.07, 6.45) is 0. The molecule has 0 aliphatic carbocycles. The Kier molecular flexibility index (Phi) is 6.52. The van der Waals surface area contributed by atoms with Gasteiger partial charge in [-0.3, -0.25) is 0 Å². The molecule has 0 radical (unpaired) electrons. The fraction of sp³-hybridized carbons (Fsp3) is 0. The fourth-order valence-corrected chi connectivity index (χ4v) is 2.48. The first-order chi connectivity index (χ1) is 15.9. The summed E-state index contributed by atoms with van der Waals surface area (Å²) >= 11 is 0. The van der Waals surface area contributed by atoms with Gasteiger partial charge in [0, 0.05) is 0 Å². The first-order valence-electron chi connectivity index (χ1n) is 8.44. The zero-order valence-corrected chi connectivity index (χ0v) is 15.7. The third kappa shape index (κ3) is 4.02. The van der Waals surface area contributed by atoms with Gasteiger partial charge in [-0.15, -0.1) is 0 Å². The number of hydrogen-bond acceptors (Lipinski definition) is 4. The van der Waals surface area contributed by atoms with Crippen LogP contribution in [-0.4, -0.2) is 11.9 Å². The number of benzene rings is 3. The number of carbonyl (C=O) groups excluding carboxylic acids is 2. The number of hydrogen-bond donors (Lipinski definition) is 0. The standard InChI is InChI=1S/C20H4F10O4/c21-7-9(23)13(27)17(14(28)10(7)24)33-19(31)5-3-1-2-4-6(5)20(32)34-18-15(29)11(25)8(22)12(26)16(18)30/h1-4H. The third-order valence-electron chi connectivity index (χ3n) is 4.10. The molecule has 0 bridgehead atoms. The molecule has 0 heterocycles. The van der Waals surface area contributed by atoms with Crippen LogP contribution in [0.1, 0.15) is 20.7 Å². The minimum Gasteiger partial charge on any atom is -0.416 e. The summed E-state index contributed by atoms with van der Waals surface area (Å²) in [4.78, 5) is 24.5. The van der Waals surface area contributed by atoms with Crippen LogP contribution in [0.3, 0.4) is 0 Å². The zero-order chi connectivity index (χ0) is 25.5. The SMILES string of the molecule is O=C(Oc1c(F)c(F)c(F)c(F)c1F)c1ccccc1C(=O)Oc1c(F)c(F)c(F)c(F)c1F. The molecule has 0 aromatic heterocycles. The Morgan fingerprint density at radius 2 is 0.676 bits per heavy atom. The second kappa shape index (κ2) is 9.03. The highest BCUT2D eigenvalue weighted by atomic mass is 19.2. The summed E-state index contributed by atoms with van der Waals surface area (Å²) in [6.45, 7) is 0. The van der Waals surface area contributed by atoms with Crippen LogP contribution in [0.2, 0.25) is 0 Å². The number of ether oxygens (including phenoxy) is 2. The summed E-state index contributed by atoms with van der Waals surface area (Å²) in [5, 5.41) is 0. The normalized spacial score (nSPS) is 10.9. The number of esters is 2. The van der Waals surface area contributed by atoms with Gasteiger partial charge < -0.3 is 9.47 Å². The van der Waals surface area contributed by atoms with E-state index in [-0.39, 0.29) is 0 Å². The molecular weight excluding hydrogens is 494 g/mol.